The number of nitriles is 1. The highest BCUT2D eigenvalue weighted by molar-refractivity contribution is 6.00. The summed E-state index contributed by atoms with van der Waals surface area (Å²) < 4.78 is 33.2. The number of rotatable bonds is 12. The number of nitrogens with two attached hydrogens (primary N) is 1. The Kier molecular flexibility index (Phi) is 16.0. The number of aliphatic hydroxyl groups excluding tert-OH is 1. The van der Waals surface area contributed by atoms with Crippen LogP contribution in [0.3, 0.4) is 0 Å². The molecule has 1 aromatic heterocycles. The van der Waals surface area contributed by atoms with E-state index in [9.17, 15) is 24.8 Å². The largest absolute Gasteiger partial charge is 0.457 e. The minimum absolute atomic E-state index is 0.0658. The number of hydrogen-bond donors (Lipinski definition) is 3. The molecular weight excluding hydrogens is 785 g/mol. The number of carbonyl (C=O) groups excluding carboxylic acids is 3. The molecule has 17 nitrogen and oxygen atoms in total. The molecule has 1 amide bonds. The van der Waals surface area contributed by atoms with Crippen molar-refractivity contribution in [2.24, 2.45) is 17.8 Å². The number of carbonyl (C=O) groups is 3. The Labute approximate surface area is 360 Å². The van der Waals surface area contributed by atoms with Gasteiger partial charge in [-0.15, -0.1) is 5.10 Å². The number of aliphatic hydroxyl groups is 1. The molecule has 4 N–H and O–H groups in total. The van der Waals surface area contributed by atoms with Crippen LogP contribution >= 0.6 is 0 Å². The molecule has 3 unspecified atom stereocenters. The molecular formula is C44H68N8O9. The third kappa shape index (κ3) is 10.7. The van der Waals surface area contributed by atoms with Crippen molar-refractivity contribution in [2.75, 3.05) is 40.0 Å². The zero-order chi connectivity index (χ0) is 44.8. The standard InChI is InChI=1S/C44H68N8O9/c1-11-35-44(7)38(52(42(56)61-44)20-13-12-19-51-25-33(48-49-51)30-15-14-16-31(46)22-30)29(5)47-24-26(2)23-43(6,57-10)39(28(4)36(53)32(17-18-45)40(55)59-35)60-41-37(54)34(50(8)9)21-27(3)58-41/h14-16,22,25-29,32,34-35,37-39,41,47,54H,11-13,17,19-21,23-24,46H2,1-10H3/t26-,27?,28+,29-,32-,34?,35-,37?,38-,39-,41+,43-,44-/m1/s1. The zero-order valence-electron chi connectivity index (χ0n) is 37.6. The van der Waals surface area contributed by atoms with Gasteiger partial charge in [-0.1, -0.05) is 38.1 Å². The van der Waals surface area contributed by atoms with E-state index in [-0.39, 0.29) is 30.5 Å². The number of fused-ring (bicyclic) bond motifs is 1. The topological polar surface area (TPSA) is 217 Å². The molecule has 61 heavy (non-hydrogen) atoms. The van der Waals surface area contributed by atoms with E-state index in [1.807, 2.05) is 83.2 Å². The first-order valence-corrected chi connectivity index (χ1v) is 21.7. The van der Waals surface area contributed by atoms with Gasteiger partial charge in [0, 0.05) is 49.5 Å². The second-order valence-corrected chi connectivity index (χ2v) is 18.0. The van der Waals surface area contributed by atoms with Crippen molar-refractivity contribution in [1.82, 2.24) is 30.1 Å². The summed E-state index contributed by atoms with van der Waals surface area (Å²) in [4.78, 5) is 46.4. The molecule has 3 saturated heterocycles. The van der Waals surface area contributed by atoms with E-state index in [4.69, 9.17) is 29.4 Å². The number of ketones is 1. The minimum Gasteiger partial charge on any atom is -0.457 e. The number of likely N-dealkylation sites (N-methyl/N-ethyl adjacent to an activating group) is 1. The highest BCUT2D eigenvalue weighted by atomic mass is 16.7. The van der Waals surface area contributed by atoms with Gasteiger partial charge in [-0.25, -0.2) is 4.79 Å². The van der Waals surface area contributed by atoms with Crippen molar-refractivity contribution in [1.29, 1.82) is 5.26 Å². The predicted octanol–water partition coefficient (Wildman–Crippen LogP) is 4.18. The van der Waals surface area contributed by atoms with Crippen molar-refractivity contribution in [3.63, 3.8) is 0 Å². The Bertz CT molecular complexity index is 1860. The number of anilines is 1. The number of unbranched alkanes of at least 4 members (excludes halogenated alkanes) is 1. The molecule has 4 heterocycles. The van der Waals surface area contributed by atoms with Gasteiger partial charge in [0.25, 0.3) is 0 Å². The minimum atomic E-state index is -1.48. The predicted molar refractivity (Wildman–Crippen MR) is 227 cm³/mol. The summed E-state index contributed by atoms with van der Waals surface area (Å²) in [6.07, 6.45) is -0.922. The molecule has 0 saturated carbocycles. The van der Waals surface area contributed by atoms with Gasteiger partial charge >= 0.3 is 12.1 Å². The highest BCUT2D eigenvalue weighted by Crippen LogP contribution is 2.40. The Hall–Kier alpha value is -4.18. The lowest BCUT2D eigenvalue weighted by molar-refractivity contribution is -0.295. The van der Waals surface area contributed by atoms with Crippen LogP contribution in [0.25, 0.3) is 11.3 Å². The first-order valence-electron chi connectivity index (χ1n) is 21.7. The number of benzene rings is 1. The highest BCUT2D eigenvalue weighted by Gasteiger charge is 2.59. The van der Waals surface area contributed by atoms with E-state index in [2.05, 4.69) is 22.6 Å². The van der Waals surface area contributed by atoms with Crippen LogP contribution in [0.15, 0.2) is 30.5 Å². The number of nitrogen functional groups attached to an aromatic ring is 1. The molecule has 17 heteroatoms. The maximum absolute atomic E-state index is 14.6. The third-order valence-electron chi connectivity index (χ3n) is 13.0. The number of Topliss-reactive ketones (excluding diaryl/α,β-unsaturated/α-hetero) is 1. The summed E-state index contributed by atoms with van der Waals surface area (Å²) in [5, 5.41) is 33.7. The van der Waals surface area contributed by atoms with E-state index in [0.29, 0.717) is 56.7 Å². The maximum atomic E-state index is 14.6. The fourth-order valence-corrected chi connectivity index (χ4v) is 9.63. The number of methoxy groups -OCH3 is 1. The van der Waals surface area contributed by atoms with Gasteiger partial charge in [-0.05, 0) is 98.5 Å². The van der Waals surface area contributed by atoms with Gasteiger partial charge in [0.15, 0.2) is 17.7 Å². The number of cyclic esters (lactones) is 1. The summed E-state index contributed by atoms with van der Waals surface area (Å²) in [7, 11) is 5.31. The normalized spacial score (nSPS) is 35.5. The van der Waals surface area contributed by atoms with Crippen LogP contribution in [-0.2, 0) is 39.8 Å². The van der Waals surface area contributed by atoms with Gasteiger partial charge in [-0.3, -0.25) is 19.2 Å². The number of ether oxygens (including phenoxy) is 5. The van der Waals surface area contributed by atoms with Crippen molar-refractivity contribution in [3.8, 4) is 17.3 Å². The summed E-state index contributed by atoms with van der Waals surface area (Å²) in [6, 6.07) is 8.26. The van der Waals surface area contributed by atoms with Crippen LogP contribution in [0.2, 0.25) is 0 Å². The van der Waals surface area contributed by atoms with Crippen LogP contribution in [0.4, 0.5) is 10.5 Å². The zero-order valence-corrected chi connectivity index (χ0v) is 37.6. The first kappa shape index (κ1) is 47.9. The van der Waals surface area contributed by atoms with E-state index in [1.54, 1.807) is 30.5 Å². The van der Waals surface area contributed by atoms with Crippen molar-refractivity contribution < 1.29 is 43.2 Å². The van der Waals surface area contributed by atoms with Crippen molar-refractivity contribution in [2.45, 2.75) is 154 Å². The summed E-state index contributed by atoms with van der Waals surface area (Å²) in [5.41, 5.74) is 5.74. The van der Waals surface area contributed by atoms with E-state index in [1.165, 1.54) is 0 Å². The fourth-order valence-electron chi connectivity index (χ4n) is 9.63. The quantitative estimate of drug-likeness (QED) is 0.118. The fraction of sp³-hybridized carbons (Fsp3) is 0.727. The lowest BCUT2D eigenvalue weighted by Gasteiger charge is -2.46. The molecule has 0 aliphatic carbocycles. The van der Waals surface area contributed by atoms with Crippen LogP contribution in [0.5, 0.6) is 0 Å². The van der Waals surface area contributed by atoms with Crippen LogP contribution in [0.1, 0.15) is 87.0 Å². The smallest absolute Gasteiger partial charge is 0.410 e. The molecule has 0 bridgehead atoms. The molecule has 2 aromatic rings. The lowest BCUT2D eigenvalue weighted by Crippen LogP contribution is -2.61. The SMILES string of the molecule is CC[C@H]1OC(=O)[C@H](CC#N)C(=O)[C@H](C)[C@@H](O[C@@H]2OC(C)CC(N(C)C)C2O)[C@](C)(OC)C[C@@H](C)CN[C@H](C)[C@H]2N(CCCCn3cc(-c4cccc(N)c4)nn3)C(=O)O[C@]12C. The summed E-state index contributed by atoms with van der Waals surface area (Å²) in [5.74, 6) is -4.00. The van der Waals surface area contributed by atoms with Crippen LogP contribution in [-0.4, -0.2) is 142 Å². The second kappa shape index (κ2) is 20.3. The Morgan fingerprint density at radius 1 is 1.13 bits per heavy atom. The van der Waals surface area contributed by atoms with Crippen LogP contribution < -0.4 is 11.1 Å². The summed E-state index contributed by atoms with van der Waals surface area (Å²) in [6.45, 7) is 14.5. The molecule has 3 fully saturated rings. The Morgan fingerprint density at radius 2 is 1.85 bits per heavy atom. The van der Waals surface area contributed by atoms with E-state index in [0.717, 1.165) is 5.56 Å². The second-order valence-electron chi connectivity index (χ2n) is 18.0. The van der Waals surface area contributed by atoms with Gasteiger partial charge < -0.3 is 44.7 Å². The van der Waals surface area contributed by atoms with Crippen molar-refractivity contribution >= 4 is 23.5 Å². The first-order chi connectivity index (χ1) is 28.9. The number of aromatic nitrogens is 3. The molecule has 3 aliphatic rings. The maximum Gasteiger partial charge on any atom is 0.410 e. The average Bonchev–Trinajstić information content (AvgIpc) is 3.80. The average molecular weight is 853 g/mol. The molecule has 13 atom stereocenters. The van der Waals surface area contributed by atoms with Gasteiger partial charge in [0.2, 0.25) is 0 Å². The number of amides is 1. The van der Waals surface area contributed by atoms with Gasteiger partial charge in [0.05, 0.1) is 42.5 Å². The molecule has 0 radical (unpaired) electrons. The Morgan fingerprint density at radius 3 is 2.51 bits per heavy atom. The molecule has 3 aliphatic heterocycles. The number of nitrogens with zero attached hydrogens (tertiary/aromatic N) is 6. The number of aryl methyl sites for hydroxylation is 1. The van der Waals surface area contributed by atoms with Gasteiger partial charge in [-0.2, -0.15) is 5.26 Å². The van der Waals surface area contributed by atoms with E-state index < -0.39 is 77.9 Å². The molecule has 338 valence electrons. The molecule has 1 aromatic carbocycles. The Balaban J connectivity index is 1.42. The molecule has 5 rings (SSSR count). The third-order valence-corrected chi connectivity index (χ3v) is 13.0. The number of esters is 1. The number of hydrogen-bond acceptors (Lipinski definition) is 15. The van der Waals surface area contributed by atoms with Crippen molar-refractivity contribution in [3.05, 3.63) is 30.5 Å². The lowest BCUT2D eigenvalue weighted by atomic mass is 9.77. The van der Waals surface area contributed by atoms with E-state index >= 15 is 0 Å². The monoisotopic (exact) mass is 853 g/mol. The van der Waals surface area contributed by atoms with Gasteiger partial charge in [0.1, 0.15) is 23.8 Å². The van der Waals surface area contributed by atoms with Crippen LogP contribution in [0, 0.1) is 29.1 Å². The molecule has 0 spiro atoms. The summed E-state index contributed by atoms with van der Waals surface area (Å²) >= 11 is 0. The number of nitrogens with one attached hydrogen (secondary N) is 1.